The molecule has 0 N–H and O–H groups in total. The van der Waals surface area contributed by atoms with Crippen molar-refractivity contribution in [3.05, 3.63) is 0 Å². The van der Waals surface area contributed by atoms with Crippen molar-refractivity contribution >= 4 is 17.9 Å². The van der Waals surface area contributed by atoms with Crippen molar-refractivity contribution in [3.8, 4) is 0 Å². The minimum absolute atomic E-state index is 0.116. The van der Waals surface area contributed by atoms with Crippen LogP contribution in [0.4, 0.5) is 0 Å². The third-order valence-corrected chi connectivity index (χ3v) is 2.82. The van der Waals surface area contributed by atoms with E-state index in [9.17, 15) is 14.4 Å². The molecule has 0 amide bonds. The first kappa shape index (κ1) is 19.4. The minimum Gasteiger partial charge on any atom is -0.469 e. The zero-order valence-corrected chi connectivity index (χ0v) is 13.2. The van der Waals surface area contributed by atoms with Crippen molar-refractivity contribution in [3.63, 3.8) is 0 Å². The minimum atomic E-state index is -0.785. The number of unbranched alkanes of at least 4 members (excludes halogenated alkanes) is 2. The Balaban J connectivity index is 4.28. The molecule has 0 spiro atoms. The van der Waals surface area contributed by atoms with Gasteiger partial charge in [0.15, 0.2) is 0 Å². The van der Waals surface area contributed by atoms with Crippen LogP contribution in [0.3, 0.4) is 0 Å². The summed E-state index contributed by atoms with van der Waals surface area (Å²) >= 11 is 0. The third-order valence-electron chi connectivity index (χ3n) is 2.82. The topological polar surface area (TPSA) is 78.9 Å². The van der Waals surface area contributed by atoms with E-state index in [4.69, 9.17) is 9.47 Å². The lowest BCUT2D eigenvalue weighted by atomic mass is 10.2. The van der Waals surface area contributed by atoms with Crippen LogP contribution < -0.4 is 0 Å². The second kappa shape index (κ2) is 12.2. The maximum absolute atomic E-state index is 11.6. The van der Waals surface area contributed by atoms with Crippen LogP contribution in [0.5, 0.6) is 0 Å². The van der Waals surface area contributed by atoms with Gasteiger partial charge in [-0.05, 0) is 12.8 Å². The molecule has 0 aromatic heterocycles. The normalized spacial score (nSPS) is 11.6. The quantitative estimate of drug-likeness (QED) is 0.431. The first-order valence-corrected chi connectivity index (χ1v) is 7.45. The van der Waals surface area contributed by atoms with Crippen LogP contribution in [0.25, 0.3) is 0 Å². The number of ether oxygens (including phenoxy) is 3. The van der Waals surface area contributed by atoms with Crippen LogP contribution in [0.1, 0.15) is 58.8 Å². The first-order valence-electron chi connectivity index (χ1n) is 7.45. The van der Waals surface area contributed by atoms with Gasteiger partial charge in [-0.2, -0.15) is 0 Å². The molecule has 21 heavy (non-hydrogen) atoms. The van der Waals surface area contributed by atoms with Crippen molar-refractivity contribution in [1.82, 2.24) is 0 Å². The fraction of sp³-hybridized carbons (Fsp3) is 0.800. The predicted octanol–water partition coefficient (Wildman–Crippen LogP) is 2.38. The van der Waals surface area contributed by atoms with Crippen molar-refractivity contribution in [2.75, 3.05) is 13.7 Å². The Kier molecular flexibility index (Phi) is 11.3. The molecule has 0 saturated carbocycles. The zero-order chi connectivity index (χ0) is 16.1. The molecule has 0 aromatic rings. The Morgan fingerprint density at radius 3 is 2.00 bits per heavy atom. The second-order valence-electron chi connectivity index (χ2n) is 4.78. The standard InChI is InChI=1S/C15H26O6/c1-4-6-8-13(16)20-11-12(10-15(18)19-3)21-14(17)9-7-5-2/h12H,4-11H2,1-3H3. The number of hydrogen-bond donors (Lipinski definition) is 0. The molecule has 0 heterocycles. The Bertz CT molecular complexity index is 326. The molecule has 0 aliphatic heterocycles. The van der Waals surface area contributed by atoms with E-state index in [0.29, 0.717) is 6.42 Å². The van der Waals surface area contributed by atoms with Gasteiger partial charge in [0.2, 0.25) is 0 Å². The van der Waals surface area contributed by atoms with Crippen LogP contribution in [0.15, 0.2) is 0 Å². The molecule has 0 radical (unpaired) electrons. The monoisotopic (exact) mass is 302 g/mol. The highest BCUT2D eigenvalue weighted by atomic mass is 16.6. The zero-order valence-electron chi connectivity index (χ0n) is 13.2. The largest absolute Gasteiger partial charge is 0.469 e. The van der Waals surface area contributed by atoms with Gasteiger partial charge in [-0.25, -0.2) is 0 Å². The van der Waals surface area contributed by atoms with E-state index in [0.717, 1.165) is 25.7 Å². The van der Waals surface area contributed by atoms with Gasteiger partial charge in [-0.3, -0.25) is 14.4 Å². The number of esters is 3. The van der Waals surface area contributed by atoms with Gasteiger partial charge < -0.3 is 14.2 Å². The number of rotatable bonds is 11. The van der Waals surface area contributed by atoms with Gasteiger partial charge in [0.1, 0.15) is 12.7 Å². The molecular weight excluding hydrogens is 276 g/mol. The van der Waals surface area contributed by atoms with Crippen molar-refractivity contribution in [1.29, 1.82) is 0 Å². The van der Waals surface area contributed by atoms with Gasteiger partial charge >= 0.3 is 17.9 Å². The molecule has 0 fully saturated rings. The summed E-state index contributed by atoms with van der Waals surface area (Å²) in [6.45, 7) is 3.83. The van der Waals surface area contributed by atoms with Crippen LogP contribution in [-0.2, 0) is 28.6 Å². The lowest BCUT2D eigenvalue weighted by molar-refractivity contribution is -0.163. The van der Waals surface area contributed by atoms with E-state index in [1.807, 2.05) is 13.8 Å². The predicted molar refractivity (Wildman–Crippen MR) is 76.5 cm³/mol. The number of carbonyl (C=O) groups is 3. The Morgan fingerprint density at radius 1 is 0.905 bits per heavy atom. The first-order chi connectivity index (χ1) is 10.0. The molecule has 6 heteroatoms. The molecule has 0 saturated heterocycles. The molecule has 0 aliphatic rings. The Labute approximate surface area is 126 Å². The number of hydrogen-bond acceptors (Lipinski definition) is 6. The van der Waals surface area contributed by atoms with Gasteiger partial charge in [-0.1, -0.05) is 26.7 Å². The summed E-state index contributed by atoms with van der Waals surface area (Å²) in [6, 6.07) is 0. The molecule has 0 bridgehead atoms. The maximum Gasteiger partial charge on any atom is 0.309 e. The maximum atomic E-state index is 11.6. The molecule has 0 aromatic carbocycles. The molecule has 6 nitrogen and oxygen atoms in total. The van der Waals surface area contributed by atoms with Crippen LogP contribution in [0.2, 0.25) is 0 Å². The highest BCUT2D eigenvalue weighted by Crippen LogP contribution is 2.07. The van der Waals surface area contributed by atoms with Crippen LogP contribution in [-0.4, -0.2) is 37.7 Å². The van der Waals surface area contributed by atoms with Gasteiger partial charge in [0, 0.05) is 12.8 Å². The van der Waals surface area contributed by atoms with E-state index in [2.05, 4.69) is 4.74 Å². The summed E-state index contributed by atoms with van der Waals surface area (Å²) in [5.41, 5.74) is 0. The van der Waals surface area contributed by atoms with Gasteiger partial charge in [0.05, 0.1) is 13.5 Å². The van der Waals surface area contributed by atoms with E-state index < -0.39 is 18.0 Å². The molecular formula is C15H26O6. The van der Waals surface area contributed by atoms with Crippen LogP contribution in [0, 0.1) is 0 Å². The summed E-state index contributed by atoms with van der Waals surface area (Å²) in [4.78, 5) is 34.3. The number of methoxy groups -OCH3 is 1. The summed E-state index contributed by atoms with van der Waals surface area (Å²) in [6.07, 6.45) is 2.96. The summed E-state index contributed by atoms with van der Waals surface area (Å²) in [5, 5.41) is 0. The average molecular weight is 302 g/mol. The Morgan fingerprint density at radius 2 is 1.48 bits per heavy atom. The van der Waals surface area contributed by atoms with E-state index in [-0.39, 0.29) is 25.4 Å². The third kappa shape index (κ3) is 10.8. The van der Waals surface area contributed by atoms with E-state index in [1.54, 1.807) is 0 Å². The molecule has 0 rings (SSSR count). The summed E-state index contributed by atoms with van der Waals surface area (Å²) < 4.78 is 14.7. The fourth-order valence-electron chi connectivity index (χ4n) is 1.55. The summed E-state index contributed by atoms with van der Waals surface area (Å²) in [5.74, 6) is -1.25. The number of carbonyl (C=O) groups excluding carboxylic acids is 3. The summed E-state index contributed by atoms with van der Waals surface area (Å²) in [7, 11) is 1.26. The highest BCUT2D eigenvalue weighted by Gasteiger charge is 2.20. The van der Waals surface area contributed by atoms with E-state index in [1.165, 1.54) is 7.11 Å². The molecule has 1 atom stereocenters. The van der Waals surface area contributed by atoms with Crippen LogP contribution >= 0.6 is 0 Å². The lowest BCUT2D eigenvalue weighted by Crippen LogP contribution is -2.28. The fourth-order valence-corrected chi connectivity index (χ4v) is 1.55. The van der Waals surface area contributed by atoms with Crippen molar-refractivity contribution in [2.45, 2.75) is 64.9 Å². The SMILES string of the molecule is CCCCC(=O)OCC(CC(=O)OC)OC(=O)CCCC. The Hall–Kier alpha value is -1.59. The molecule has 122 valence electrons. The van der Waals surface area contributed by atoms with E-state index >= 15 is 0 Å². The van der Waals surface area contributed by atoms with Gasteiger partial charge in [-0.15, -0.1) is 0 Å². The van der Waals surface area contributed by atoms with Crippen molar-refractivity contribution in [2.24, 2.45) is 0 Å². The lowest BCUT2D eigenvalue weighted by Gasteiger charge is -2.17. The highest BCUT2D eigenvalue weighted by molar-refractivity contribution is 5.73. The van der Waals surface area contributed by atoms with Crippen molar-refractivity contribution < 1.29 is 28.6 Å². The second-order valence-corrected chi connectivity index (χ2v) is 4.78. The van der Waals surface area contributed by atoms with Gasteiger partial charge in [0.25, 0.3) is 0 Å². The smallest absolute Gasteiger partial charge is 0.309 e. The molecule has 1 unspecified atom stereocenters. The average Bonchev–Trinajstić information content (AvgIpc) is 2.48. The molecule has 0 aliphatic carbocycles.